The van der Waals surface area contributed by atoms with Crippen LogP contribution in [0.25, 0.3) is 11.0 Å². The summed E-state index contributed by atoms with van der Waals surface area (Å²) < 4.78 is 21.9. The Morgan fingerprint density at radius 1 is 1.43 bits per heavy atom. The molecule has 2 aliphatic heterocycles. The van der Waals surface area contributed by atoms with Crippen LogP contribution in [0.4, 0.5) is 0 Å². The quantitative estimate of drug-likeness (QED) is 0.569. The summed E-state index contributed by atoms with van der Waals surface area (Å²) in [6.45, 7) is 4.28. The minimum Gasteiger partial charge on any atom is -0.476 e. The van der Waals surface area contributed by atoms with Crippen LogP contribution in [0.3, 0.4) is 0 Å². The van der Waals surface area contributed by atoms with E-state index in [1.54, 1.807) is 13.0 Å². The second kappa shape index (κ2) is 7.73. The lowest BCUT2D eigenvalue weighted by Crippen LogP contribution is -2.37. The fraction of sp³-hybridized carbons (Fsp3) is 0.500. The Kier molecular flexibility index (Phi) is 5.31. The molecule has 28 heavy (non-hydrogen) atoms. The van der Waals surface area contributed by atoms with Gasteiger partial charge in [-0.15, -0.1) is 0 Å². The summed E-state index contributed by atoms with van der Waals surface area (Å²) in [6.07, 6.45) is 2.15. The van der Waals surface area contributed by atoms with E-state index in [1.165, 1.54) is 7.11 Å². The van der Waals surface area contributed by atoms with Crippen LogP contribution >= 0.6 is 11.6 Å². The maximum atomic E-state index is 12.6. The van der Waals surface area contributed by atoms with Crippen molar-refractivity contribution in [3.05, 3.63) is 38.2 Å². The molecule has 2 aliphatic rings. The van der Waals surface area contributed by atoms with Gasteiger partial charge in [-0.2, -0.15) is 0 Å². The van der Waals surface area contributed by atoms with Gasteiger partial charge in [0.05, 0.1) is 35.8 Å². The fourth-order valence-electron chi connectivity index (χ4n) is 3.87. The third-order valence-electron chi connectivity index (χ3n) is 5.39. The lowest BCUT2D eigenvalue weighted by Gasteiger charge is -2.31. The maximum Gasteiger partial charge on any atom is 0.340 e. The Morgan fingerprint density at radius 3 is 2.96 bits per heavy atom. The molecular weight excluding hydrogens is 386 g/mol. The molecule has 1 aromatic heterocycles. The van der Waals surface area contributed by atoms with E-state index in [2.05, 4.69) is 9.64 Å². The monoisotopic (exact) mass is 407 g/mol. The number of halogens is 1. The minimum absolute atomic E-state index is 0.142. The van der Waals surface area contributed by atoms with Gasteiger partial charge in [-0.3, -0.25) is 9.69 Å². The first kappa shape index (κ1) is 19.2. The standard InChI is InChI=1S/C20H22ClNO6/c1-11-13-6-16(21)19-15(9-22(10-27-19)8-12-4-3-5-26-12)18(13)28-20(24)14(11)7-17(23)25-2/h6,12H,3-5,7-10H2,1-2H3/t12-/m1/s1. The Labute approximate surface area is 167 Å². The summed E-state index contributed by atoms with van der Waals surface area (Å²) in [7, 11) is 1.29. The molecule has 0 saturated carbocycles. The molecule has 0 radical (unpaired) electrons. The molecule has 1 fully saturated rings. The highest BCUT2D eigenvalue weighted by Gasteiger charge is 2.28. The number of nitrogens with zero attached hydrogens (tertiary/aromatic N) is 1. The highest BCUT2D eigenvalue weighted by Crippen LogP contribution is 2.39. The van der Waals surface area contributed by atoms with Crippen LogP contribution in [0.5, 0.6) is 5.75 Å². The predicted molar refractivity (Wildman–Crippen MR) is 103 cm³/mol. The first-order chi connectivity index (χ1) is 13.5. The van der Waals surface area contributed by atoms with Crippen molar-refractivity contribution < 1.29 is 23.4 Å². The molecule has 3 heterocycles. The zero-order chi connectivity index (χ0) is 19.8. The predicted octanol–water partition coefficient (Wildman–Crippen LogP) is 2.80. The first-order valence-corrected chi connectivity index (χ1v) is 9.67. The Balaban J connectivity index is 1.75. The highest BCUT2D eigenvalue weighted by molar-refractivity contribution is 6.33. The van der Waals surface area contributed by atoms with Crippen molar-refractivity contribution in [2.24, 2.45) is 0 Å². The smallest absolute Gasteiger partial charge is 0.340 e. The number of ether oxygens (including phenoxy) is 3. The molecule has 0 amide bonds. The van der Waals surface area contributed by atoms with E-state index < -0.39 is 11.6 Å². The Hall–Kier alpha value is -2.09. The van der Waals surface area contributed by atoms with E-state index in [1.807, 2.05) is 0 Å². The second-order valence-electron chi connectivity index (χ2n) is 7.21. The number of benzene rings is 1. The van der Waals surface area contributed by atoms with E-state index in [0.717, 1.165) is 31.6 Å². The van der Waals surface area contributed by atoms with Crippen molar-refractivity contribution in [3.63, 3.8) is 0 Å². The number of esters is 1. The molecule has 0 spiro atoms. The summed E-state index contributed by atoms with van der Waals surface area (Å²) in [5.74, 6) is 0.0471. The fourth-order valence-corrected chi connectivity index (χ4v) is 4.15. The third kappa shape index (κ3) is 3.50. The lowest BCUT2D eigenvalue weighted by molar-refractivity contribution is -0.139. The largest absolute Gasteiger partial charge is 0.476 e. The SMILES string of the molecule is COC(=O)Cc1c(C)c2cc(Cl)c3c(c2oc1=O)CN(C[C@H]1CCCO1)CO3. The van der Waals surface area contributed by atoms with Crippen LogP contribution in [0.2, 0.25) is 5.02 Å². The van der Waals surface area contributed by atoms with Gasteiger partial charge in [-0.25, -0.2) is 4.79 Å². The van der Waals surface area contributed by atoms with Crippen LogP contribution in [-0.2, 0) is 27.2 Å². The van der Waals surface area contributed by atoms with Crippen LogP contribution in [0, 0.1) is 6.92 Å². The van der Waals surface area contributed by atoms with Gasteiger partial charge in [0.1, 0.15) is 18.1 Å². The average molecular weight is 408 g/mol. The van der Waals surface area contributed by atoms with Gasteiger partial charge in [0.15, 0.2) is 0 Å². The zero-order valence-electron chi connectivity index (χ0n) is 15.9. The number of rotatable bonds is 4. The van der Waals surface area contributed by atoms with Gasteiger partial charge in [-0.1, -0.05) is 11.6 Å². The van der Waals surface area contributed by atoms with E-state index in [4.69, 9.17) is 25.5 Å². The van der Waals surface area contributed by atoms with Crippen molar-refractivity contribution in [1.29, 1.82) is 0 Å². The lowest BCUT2D eigenvalue weighted by atomic mass is 10.00. The molecule has 0 aliphatic carbocycles. The molecule has 7 nitrogen and oxygen atoms in total. The molecule has 8 heteroatoms. The van der Waals surface area contributed by atoms with Crippen molar-refractivity contribution in [3.8, 4) is 5.75 Å². The topological polar surface area (TPSA) is 78.2 Å². The van der Waals surface area contributed by atoms with E-state index in [-0.39, 0.29) is 18.1 Å². The van der Waals surface area contributed by atoms with Gasteiger partial charge in [0.25, 0.3) is 0 Å². The Bertz CT molecular complexity index is 979. The van der Waals surface area contributed by atoms with Gasteiger partial charge < -0.3 is 18.6 Å². The maximum absolute atomic E-state index is 12.6. The summed E-state index contributed by atoms with van der Waals surface area (Å²) in [5.41, 5.74) is 1.60. The molecule has 1 saturated heterocycles. The number of fused-ring (bicyclic) bond motifs is 3. The molecule has 1 atom stereocenters. The van der Waals surface area contributed by atoms with Crippen molar-refractivity contribution in [2.75, 3.05) is 27.0 Å². The summed E-state index contributed by atoms with van der Waals surface area (Å²) in [6, 6.07) is 1.73. The van der Waals surface area contributed by atoms with Crippen LogP contribution < -0.4 is 10.4 Å². The highest BCUT2D eigenvalue weighted by atomic mass is 35.5. The molecule has 0 bridgehead atoms. The van der Waals surface area contributed by atoms with Gasteiger partial charge in [0, 0.05) is 25.1 Å². The summed E-state index contributed by atoms with van der Waals surface area (Å²) in [4.78, 5) is 26.3. The van der Waals surface area contributed by atoms with Crippen LogP contribution in [0.15, 0.2) is 15.3 Å². The minimum atomic E-state index is -0.545. The molecule has 0 unspecified atom stereocenters. The normalized spacial score (nSPS) is 19.5. The third-order valence-corrected chi connectivity index (χ3v) is 5.67. The summed E-state index contributed by atoms with van der Waals surface area (Å²) in [5, 5.41) is 1.16. The van der Waals surface area contributed by atoms with Crippen molar-refractivity contribution in [2.45, 2.75) is 38.8 Å². The molecule has 150 valence electrons. The number of hydrogen-bond donors (Lipinski definition) is 0. The van der Waals surface area contributed by atoms with E-state index in [9.17, 15) is 9.59 Å². The second-order valence-corrected chi connectivity index (χ2v) is 7.62. The molecule has 1 aromatic carbocycles. The first-order valence-electron chi connectivity index (χ1n) is 9.29. The van der Waals surface area contributed by atoms with Crippen molar-refractivity contribution >= 4 is 28.5 Å². The summed E-state index contributed by atoms with van der Waals surface area (Å²) >= 11 is 6.46. The van der Waals surface area contributed by atoms with Gasteiger partial charge in [0.2, 0.25) is 0 Å². The van der Waals surface area contributed by atoms with E-state index in [0.29, 0.717) is 40.6 Å². The Morgan fingerprint density at radius 2 is 2.25 bits per heavy atom. The van der Waals surface area contributed by atoms with Crippen molar-refractivity contribution in [1.82, 2.24) is 4.90 Å². The molecule has 2 aromatic rings. The number of carbonyl (C=O) groups excluding carboxylic acids is 1. The molecule has 0 N–H and O–H groups in total. The zero-order valence-corrected chi connectivity index (χ0v) is 16.6. The van der Waals surface area contributed by atoms with Crippen LogP contribution in [-0.4, -0.2) is 44.0 Å². The average Bonchev–Trinajstić information content (AvgIpc) is 3.19. The van der Waals surface area contributed by atoms with Gasteiger partial charge in [-0.05, 0) is 31.4 Å². The number of methoxy groups -OCH3 is 1. The number of aryl methyl sites for hydroxylation is 1. The number of hydrogen-bond acceptors (Lipinski definition) is 7. The number of carbonyl (C=O) groups is 1. The van der Waals surface area contributed by atoms with E-state index >= 15 is 0 Å². The molecular formula is C20H22ClNO6. The molecule has 4 rings (SSSR count). The van der Waals surface area contributed by atoms with Crippen LogP contribution in [0.1, 0.15) is 29.5 Å². The van der Waals surface area contributed by atoms with Gasteiger partial charge >= 0.3 is 11.6 Å².